The zero-order chi connectivity index (χ0) is 14.4. The third-order valence-electron chi connectivity index (χ3n) is 3.23. The molecule has 0 bridgehead atoms. The first-order valence-electron chi connectivity index (χ1n) is 6.18. The third kappa shape index (κ3) is 2.16. The summed E-state index contributed by atoms with van der Waals surface area (Å²) in [5.74, 6) is 0.548. The molecule has 0 saturated heterocycles. The second-order valence-corrected chi connectivity index (χ2v) is 6.72. The highest BCUT2D eigenvalue weighted by molar-refractivity contribution is 7.17. The van der Waals surface area contributed by atoms with Crippen molar-refractivity contribution in [1.29, 1.82) is 0 Å². The maximum absolute atomic E-state index is 12.4. The summed E-state index contributed by atoms with van der Waals surface area (Å²) in [5.41, 5.74) is -0.0280. The lowest BCUT2D eigenvalue weighted by atomic mass is 10.3. The highest BCUT2D eigenvalue weighted by atomic mass is 35.5. The standard InChI is InChI=1S/C14H8ClN3OS2/c15-12-9-3-6-21-13(9)17-11(16-12)7-18-4-1-10-8(14(18)19)2-5-20-10/h1-6H,7H2. The van der Waals surface area contributed by atoms with Crippen molar-refractivity contribution in [2.24, 2.45) is 0 Å². The molecule has 21 heavy (non-hydrogen) atoms. The van der Waals surface area contributed by atoms with Crippen molar-refractivity contribution in [3.05, 3.63) is 56.5 Å². The largest absolute Gasteiger partial charge is 0.307 e. The Morgan fingerprint density at radius 1 is 1.10 bits per heavy atom. The Balaban J connectivity index is 1.82. The molecule has 0 N–H and O–H groups in total. The maximum atomic E-state index is 12.4. The average Bonchev–Trinajstić information content (AvgIpc) is 3.10. The van der Waals surface area contributed by atoms with Crippen LogP contribution in [0.3, 0.4) is 0 Å². The first kappa shape index (κ1) is 12.9. The van der Waals surface area contributed by atoms with Gasteiger partial charge in [-0.3, -0.25) is 4.79 Å². The Labute approximate surface area is 132 Å². The van der Waals surface area contributed by atoms with Crippen molar-refractivity contribution in [3.63, 3.8) is 0 Å². The lowest BCUT2D eigenvalue weighted by Gasteiger charge is -2.05. The van der Waals surface area contributed by atoms with Crippen LogP contribution in [0, 0.1) is 0 Å². The number of aromatic nitrogens is 3. The van der Waals surface area contributed by atoms with Gasteiger partial charge in [0.05, 0.1) is 11.9 Å². The Morgan fingerprint density at radius 2 is 1.90 bits per heavy atom. The molecule has 0 aliphatic rings. The van der Waals surface area contributed by atoms with E-state index in [1.165, 1.54) is 11.3 Å². The molecule has 7 heteroatoms. The van der Waals surface area contributed by atoms with Gasteiger partial charge in [0.2, 0.25) is 0 Å². The molecule has 0 saturated carbocycles. The van der Waals surface area contributed by atoms with Crippen LogP contribution in [0.15, 0.2) is 40.0 Å². The molecule has 0 spiro atoms. The van der Waals surface area contributed by atoms with Crippen molar-refractivity contribution >= 4 is 54.6 Å². The lowest BCUT2D eigenvalue weighted by Crippen LogP contribution is -2.20. The van der Waals surface area contributed by atoms with Crippen molar-refractivity contribution in [3.8, 4) is 0 Å². The molecule has 0 unspecified atom stereocenters. The van der Waals surface area contributed by atoms with Gasteiger partial charge in [-0.2, -0.15) is 0 Å². The first-order valence-corrected chi connectivity index (χ1v) is 8.32. The van der Waals surface area contributed by atoms with Crippen LogP contribution in [0.5, 0.6) is 0 Å². The predicted molar refractivity (Wildman–Crippen MR) is 87.6 cm³/mol. The van der Waals surface area contributed by atoms with Gasteiger partial charge < -0.3 is 4.57 Å². The summed E-state index contributed by atoms with van der Waals surface area (Å²) in [6.45, 7) is 0.318. The van der Waals surface area contributed by atoms with Crippen molar-refractivity contribution in [2.75, 3.05) is 0 Å². The lowest BCUT2D eigenvalue weighted by molar-refractivity contribution is 0.726. The zero-order valence-corrected chi connectivity index (χ0v) is 13.0. The fourth-order valence-electron chi connectivity index (χ4n) is 2.22. The number of halogens is 1. The van der Waals surface area contributed by atoms with Crippen LogP contribution < -0.4 is 5.56 Å². The van der Waals surface area contributed by atoms with E-state index in [-0.39, 0.29) is 5.56 Å². The van der Waals surface area contributed by atoms with Gasteiger partial charge in [0.15, 0.2) is 5.82 Å². The van der Waals surface area contributed by atoms with Crippen LogP contribution in [-0.4, -0.2) is 14.5 Å². The fraction of sp³-hybridized carbons (Fsp3) is 0.0714. The van der Waals surface area contributed by atoms with Gasteiger partial charge in [0.1, 0.15) is 9.98 Å². The van der Waals surface area contributed by atoms with Crippen LogP contribution in [0.25, 0.3) is 20.3 Å². The fourth-order valence-corrected chi connectivity index (χ4v) is 4.08. The van der Waals surface area contributed by atoms with E-state index >= 15 is 0 Å². The second-order valence-electron chi connectivity index (χ2n) is 4.52. The topological polar surface area (TPSA) is 47.8 Å². The van der Waals surface area contributed by atoms with Crippen molar-refractivity contribution < 1.29 is 0 Å². The Kier molecular flexibility index (Phi) is 3.02. The number of nitrogens with zero attached hydrogens (tertiary/aromatic N) is 3. The van der Waals surface area contributed by atoms with Gasteiger partial charge in [-0.05, 0) is 29.0 Å². The smallest absolute Gasteiger partial charge is 0.259 e. The number of fused-ring (bicyclic) bond motifs is 2. The second kappa shape index (κ2) is 4.91. The van der Waals surface area contributed by atoms with Gasteiger partial charge >= 0.3 is 0 Å². The Morgan fingerprint density at radius 3 is 2.81 bits per heavy atom. The minimum absolute atomic E-state index is 0.0280. The molecule has 4 nitrogen and oxygen atoms in total. The molecule has 0 radical (unpaired) electrons. The summed E-state index contributed by atoms with van der Waals surface area (Å²) in [6, 6.07) is 5.68. The van der Waals surface area contributed by atoms with E-state index in [2.05, 4.69) is 9.97 Å². The molecule has 0 amide bonds. The molecule has 0 aromatic carbocycles. The number of hydrogen-bond donors (Lipinski definition) is 0. The van der Waals surface area contributed by atoms with E-state index in [0.29, 0.717) is 17.5 Å². The number of thiophene rings is 2. The number of hydrogen-bond acceptors (Lipinski definition) is 5. The molecule has 0 aliphatic heterocycles. The third-order valence-corrected chi connectivity index (χ3v) is 5.21. The SMILES string of the molecule is O=c1c2ccsc2ccn1Cc1nc(Cl)c2ccsc2n1. The molecule has 0 aliphatic carbocycles. The summed E-state index contributed by atoms with van der Waals surface area (Å²) in [4.78, 5) is 22.0. The first-order chi connectivity index (χ1) is 10.2. The molecule has 104 valence electrons. The highest BCUT2D eigenvalue weighted by Gasteiger charge is 2.09. The molecular formula is C14H8ClN3OS2. The average molecular weight is 334 g/mol. The minimum atomic E-state index is -0.0280. The quantitative estimate of drug-likeness (QED) is 0.525. The van der Waals surface area contributed by atoms with Gasteiger partial charge in [-0.15, -0.1) is 22.7 Å². The number of rotatable bonds is 2. The summed E-state index contributed by atoms with van der Waals surface area (Å²) < 4.78 is 2.60. The summed E-state index contributed by atoms with van der Waals surface area (Å²) in [6.07, 6.45) is 1.77. The molecular weight excluding hydrogens is 326 g/mol. The number of pyridine rings is 1. The monoisotopic (exact) mass is 333 g/mol. The zero-order valence-electron chi connectivity index (χ0n) is 10.6. The van der Waals surface area contributed by atoms with E-state index in [1.807, 2.05) is 29.0 Å². The van der Waals surface area contributed by atoms with E-state index in [0.717, 1.165) is 20.3 Å². The van der Waals surface area contributed by atoms with Gasteiger partial charge in [0.25, 0.3) is 5.56 Å². The molecule has 0 atom stereocenters. The molecule has 4 aromatic heterocycles. The van der Waals surface area contributed by atoms with Crippen LogP contribution in [0.1, 0.15) is 5.82 Å². The van der Waals surface area contributed by atoms with Gasteiger partial charge in [-0.25, -0.2) is 9.97 Å². The highest BCUT2D eigenvalue weighted by Crippen LogP contribution is 2.25. The van der Waals surface area contributed by atoms with Crippen molar-refractivity contribution in [1.82, 2.24) is 14.5 Å². The maximum Gasteiger partial charge on any atom is 0.259 e. The minimum Gasteiger partial charge on any atom is -0.307 e. The van der Waals surface area contributed by atoms with E-state index < -0.39 is 0 Å². The Hall–Kier alpha value is -1.76. The molecule has 4 heterocycles. The Bertz CT molecular complexity index is 1020. The van der Waals surface area contributed by atoms with Crippen LogP contribution in [-0.2, 0) is 6.54 Å². The van der Waals surface area contributed by atoms with Gasteiger partial charge in [0, 0.05) is 16.3 Å². The van der Waals surface area contributed by atoms with E-state index in [1.54, 1.807) is 22.1 Å². The molecule has 4 aromatic rings. The van der Waals surface area contributed by atoms with Crippen molar-refractivity contribution in [2.45, 2.75) is 6.54 Å². The van der Waals surface area contributed by atoms with E-state index in [4.69, 9.17) is 11.6 Å². The molecule has 0 fully saturated rings. The normalized spacial score (nSPS) is 11.5. The van der Waals surface area contributed by atoms with Crippen LogP contribution in [0.2, 0.25) is 5.15 Å². The van der Waals surface area contributed by atoms with Gasteiger partial charge in [-0.1, -0.05) is 11.6 Å². The van der Waals surface area contributed by atoms with Crippen LogP contribution in [0.4, 0.5) is 0 Å². The van der Waals surface area contributed by atoms with Crippen LogP contribution >= 0.6 is 34.3 Å². The summed E-state index contributed by atoms with van der Waals surface area (Å²) >= 11 is 9.23. The van der Waals surface area contributed by atoms with E-state index in [9.17, 15) is 4.79 Å². The summed E-state index contributed by atoms with van der Waals surface area (Å²) in [7, 11) is 0. The predicted octanol–water partition coefficient (Wildman–Crippen LogP) is 3.77. The summed E-state index contributed by atoms with van der Waals surface area (Å²) in [5, 5.41) is 5.86. The molecule has 4 rings (SSSR count).